The van der Waals surface area contributed by atoms with E-state index < -0.39 is 12.2 Å². The maximum absolute atomic E-state index is 13.0. The minimum absolute atomic E-state index is 0.111. The van der Waals surface area contributed by atoms with Crippen molar-refractivity contribution in [2.24, 2.45) is 0 Å². The van der Waals surface area contributed by atoms with Gasteiger partial charge in [0.05, 0.1) is 0 Å². The summed E-state index contributed by atoms with van der Waals surface area (Å²) in [5.41, 5.74) is 0. The van der Waals surface area contributed by atoms with Crippen LogP contribution in [0.3, 0.4) is 0 Å². The summed E-state index contributed by atoms with van der Waals surface area (Å²) in [5, 5.41) is 0. The molecule has 12 heteroatoms. The van der Waals surface area contributed by atoms with E-state index in [0.29, 0.717) is 38.5 Å². The van der Waals surface area contributed by atoms with Gasteiger partial charge in [0.1, 0.15) is 26.4 Å². The molecule has 0 radical (unpaired) electrons. The van der Waals surface area contributed by atoms with Crippen LogP contribution in [0.1, 0.15) is 373 Å². The van der Waals surface area contributed by atoms with Crippen molar-refractivity contribution < 1.29 is 57.2 Å². The first-order valence-electron chi connectivity index (χ1n) is 37.8. The van der Waals surface area contributed by atoms with E-state index >= 15 is 0 Å². The first-order valence-corrected chi connectivity index (χ1v) is 37.8. The van der Waals surface area contributed by atoms with Gasteiger partial charge in [0.2, 0.25) is 0 Å². The highest BCUT2D eigenvalue weighted by Crippen LogP contribution is 2.18. The zero-order chi connectivity index (χ0) is 64.9. The van der Waals surface area contributed by atoms with Gasteiger partial charge in [-0.25, -0.2) is 0 Å². The second-order valence-corrected chi connectivity index (χ2v) is 25.8. The molecule has 1 aliphatic heterocycles. The fourth-order valence-electron chi connectivity index (χ4n) is 11.2. The predicted molar refractivity (Wildman–Crippen MR) is 370 cm³/mol. The second kappa shape index (κ2) is 67.7. The summed E-state index contributed by atoms with van der Waals surface area (Å²) < 4.78 is 33.6. The molecule has 0 aromatic rings. The number of hydrogen-bond acceptors (Lipinski definition) is 12. The zero-order valence-electron chi connectivity index (χ0n) is 58.1. The Balaban J connectivity index is 2.35. The molecule has 0 saturated carbocycles. The Morgan fingerprint density at radius 3 is 1.02 bits per heavy atom. The van der Waals surface area contributed by atoms with Gasteiger partial charge >= 0.3 is 35.8 Å². The molecule has 0 unspecified atom stereocenters. The van der Waals surface area contributed by atoms with Crippen LogP contribution in [-0.2, 0) is 57.2 Å². The van der Waals surface area contributed by atoms with Crippen molar-refractivity contribution in [3.05, 3.63) is 48.6 Å². The molecule has 1 aliphatic rings. The normalized spacial score (nSPS) is 15.6. The summed E-state index contributed by atoms with van der Waals surface area (Å²) in [6.07, 6.45) is 73.8. The smallest absolute Gasteiger partial charge is 0.306 e. The van der Waals surface area contributed by atoms with Crippen molar-refractivity contribution >= 4 is 35.8 Å². The molecule has 0 bridgehead atoms. The van der Waals surface area contributed by atoms with Crippen LogP contribution in [0.4, 0.5) is 0 Å². The standard InChI is InChI=1S/C78H136O12/c1-3-5-7-9-11-13-15-17-19-25-31-37-43-49-55-61-73(79)85-67-71(68-86-74(80)62-56-50-44-38-32-26-20-18-16-14-12-10-8-6-4-2)89-77(83)65-59-53-47-41-35-29-23-24-30-36-42-48-54-60-66-78(84)90-72-69-87-75(81)63-57-51-45-39-33-27-21-22-28-34-40-46-52-58-64-76(82)88-70-72/h17-24,71-72H,3-16,25-70H2,1-2H3/b19-17?,20-18?,22-21-,24-23?. The number of carbonyl (C=O) groups is 6. The molecule has 12 nitrogen and oxygen atoms in total. The van der Waals surface area contributed by atoms with Gasteiger partial charge in [0, 0.05) is 38.5 Å². The Labute approximate surface area is 551 Å². The van der Waals surface area contributed by atoms with E-state index in [2.05, 4.69) is 62.5 Å². The average Bonchev–Trinajstić information content (AvgIpc) is 3.72. The van der Waals surface area contributed by atoms with Gasteiger partial charge in [-0.15, -0.1) is 0 Å². The minimum atomic E-state index is -0.828. The van der Waals surface area contributed by atoms with E-state index in [-0.39, 0.29) is 75.1 Å². The molecule has 0 N–H and O–H groups in total. The van der Waals surface area contributed by atoms with Crippen LogP contribution >= 0.6 is 0 Å². The van der Waals surface area contributed by atoms with Crippen molar-refractivity contribution in [1.29, 1.82) is 0 Å². The molecule has 90 heavy (non-hydrogen) atoms. The lowest BCUT2D eigenvalue weighted by molar-refractivity contribution is -0.167. The summed E-state index contributed by atoms with van der Waals surface area (Å²) in [5.74, 6) is -1.98. The van der Waals surface area contributed by atoms with Gasteiger partial charge in [0.25, 0.3) is 0 Å². The zero-order valence-corrected chi connectivity index (χ0v) is 58.1. The number of esters is 6. The molecule has 0 atom stereocenters. The van der Waals surface area contributed by atoms with Gasteiger partial charge in [-0.3, -0.25) is 28.8 Å². The molecular weight excluding hydrogens is 1130 g/mol. The lowest BCUT2D eigenvalue weighted by Gasteiger charge is -2.18. The number of carbonyl (C=O) groups excluding carboxylic acids is 6. The molecule has 0 saturated heterocycles. The Morgan fingerprint density at radius 1 is 0.378 bits per heavy atom. The summed E-state index contributed by atoms with van der Waals surface area (Å²) in [4.78, 5) is 76.3. The number of hydrogen-bond donors (Lipinski definition) is 0. The van der Waals surface area contributed by atoms with Crippen molar-refractivity contribution in [1.82, 2.24) is 0 Å². The number of cyclic esters (lactones) is 2. The second-order valence-electron chi connectivity index (χ2n) is 25.8. The molecule has 1 heterocycles. The highest BCUT2D eigenvalue weighted by molar-refractivity contribution is 5.72. The van der Waals surface area contributed by atoms with Crippen molar-refractivity contribution in [2.75, 3.05) is 26.4 Å². The predicted octanol–water partition coefficient (Wildman–Crippen LogP) is 22.1. The van der Waals surface area contributed by atoms with E-state index in [9.17, 15) is 28.8 Å². The topological polar surface area (TPSA) is 158 Å². The lowest BCUT2D eigenvalue weighted by Crippen LogP contribution is -2.30. The third-order valence-electron chi connectivity index (χ3n) is 16.9. The molecule has 0 spiro atoms. The highest BCUT2D eigenvalue weighted by Gasteiger charge is 2.21. The van der Waals surface area contributed by atoms with E-state index in [1.807, 2.05) is 0 Å². The minimum Gasteiger partial charge on any atom is -0.462 e. The summed E-state index contributed by atoms with van der Waals surface area (Å²) in [6.45, 7) is 4.06. The Morgan fingerprint density at radius 2 is 0.667 bits per heavy atom. The lowest BCUT2D eigenvalue weighted by atomic mass is 10.1. The van der Waals surface area contributed by atoms with E-state index in [4.69, 9.17) is 28.4 Å². The number of allylic oxidation sites excluding steroid dienone is 8. The van der Waals surface area contributed by atoms with Crippen LogP contribution in [0, 0.1) is 0 Å². The van der Waals surface area contributed by atoms with Crippen molar-refractivity contribution in [3.63, 3.8) is 0 Å². The molecule has 0 aliphatic carbocycles. The van der Waals surface area contributed by atoms with Gasteiger partial charge in [-0.2, -0.15) is 0 Å². The van der Waals surface area contributed by atoms with Gasteiger partial charge < -0.3 is 28.4 Å². The molecule has 1 rings (SSSR count). The highest BCUT2D eigenvalue weighted by atomic mass is 16.6. The Kier molecular flexibility index (Phi) is 63.0. The van der Waals surface area contributed by atoms with E-state index in [0.717, 1.165) is 193 Å². The van der Waals surface area contributed by atoms with E-state index in [1.54, 1.807) is 0 Å². The average molecular weight is 1270 g/mol. The van der Waals surface area contributed by atoms with Crippen LogP contribution in [-0.4, -0.2) is 74.5 Å². The third kappa shape index (κ3) is 62.6. The SMILES string of the molecule is CCCCCCCCC=CCCCCCCCC(=O)OCC(COC(=O)CCCCCCCC=CCCCCCCCC)OC(=O)CCCCCCCC=CCCCCCCCC(=O)OC1COC(=O)CCCCCCC/C=C\CCCCCCCC(=O)OC1. The van der Waals surface area contributed by atoms with Crippen LogP contribution in [0.15, 0.2) is 48.6 Å². The molecule has 520 valence electrons. The van der Waals surface area contributed by atoms with Gasteiger partial charge in [-0.1, -0.05) is 242 Å². The van der Waals surface area contributed by atoms with Gasteiger partial charge in [-0.05, 0) is 141 Å². The summed E-state index contributed by atoms with van der Waals surface area (Å²) in [6, 6.07) is 0. The van der Waals surface area contributed by atoms with E-state index in [1.165, 1.54) is 116 Å². The first-order chi connectivity index (χ1) is 44.2. The number of rotatable bonds is 52. The van der Waals surface area contributed by atoms with Crippen LogP contribution in [0.5, 0.6) is 0 Å². The molecule has 0 aromatic carbocycles. The third-order valence-corrected chi connectivity index (χ3v) is 16.9. The molecule has 0 fully saturated rings. The molecule has 0 aromatic heterocycles. The van der Waals surface area contributed by atoms with Crippen molar-refractivity contribution in [2.45, 2.75) is 386 Å². The molecule has 0 amide bonds. The monoisotopic (exact) mass is 1270 g/mol. The fourth-order valence-corrected chi connectivity index (χ4v) is 11.2. The maximum atomic E-state index is 13.0. The molecular formula is C78H136O12. The largest absolute Gasteiger partial charge is 0.462 e. The Bertz CT molecular complexity index is 1710. The fraction of sp³-hybridized carbons (Fsp3) is 0.821. The summed E-state index contributed by atoms with van der Waals surface area (Å²) in [7, 11) is 0. The van der Waals surface area contributed by atoms with Crippen molar-refractivity contribution in [3.8, 4) is 0 Å². The van der Waals surface area contributed by atoms with Crippen LogP contribution in [0.25, 0.3) is 0 Å². The van der Waals surface area contributed by atoms with Gasteiger partial charge in [0.15, 0.2) is 12.2 Å². The Hall–Kier alpha value is -4.22. The van der Waals surface area contributed by atoms with Crippen LogP contribution < -0.4 is 0 Å². The van der Waals surface area contributed by atoms with Crippen LogP contribution in [0.2, 0.25) is 0 Å². The number of ether oxygens (including phenoxy) is 6. The maximum Gasteiger partial charge on any atom is 0.306 e. The summed E-state index contributed by atoms with van der Waals surface area (Å²) >= 11 is 0. The quantitative estimate of drug-likeness (QED) is 0.0246. The first kappa shape index (κ1) is 83.8. The number of unbranched alkanes of at least 4 members (excludes halogenated alkanes) is 32.